The van der Waals surface area contributed by atoms with Crippen molar-refractivity contribution in [2.45, 2.75) is 84.7 Å². The van der Waals surface area contributed by atoms with Gasteiger partial charge in [0.05, 0.1) is 12.2 Å². The second kappa shape index (κ2) is 7.64. The first-order valence-electron chi connectivity index (χ1n) is 9.12. The molecule has 0 N–H and O–H groups in total. The fourth-order valence-electron chi connectivity index (χ4n) is 3.72. The molecule has 1 atom stereocenters. The van der Waals surface area contributed by atoms with Gasteiger partial charge in [0.25, 0.3) is 0 Å². The molecule has 124 valence electrons. The highest BCUT2D eigenvalue weighted by Gasteiger charge is 2.32. The van der Waals surface area contributed by atoms with Crippen LogP contribution in [-0.2, 0) is 4.74 Å². The van der Waals surface area contributed by atoms with Crippen molar-refractivity contribution in [3.8, 4) is 0 Å². The zero-order chi connectivity index (χ0) is 16.2. The molecular formula is C21H34O. The Morgan fingerprint density at radius 2 is 1.95 bits per heavy atom. The van der Waals surface area contributed by atoms with Crippen LogP contribution in [0.5, 0.6) is 0 Å². The van der Waals surface area contributed by atoms with Crippen LogP contribution in [0, 0.1) is 5.92 Å². The van der Waals surface area contributed by atoms with Crippen LogP contribution in [-0.4, -0.2) is 12.2 Å². The van der Waals surface area contributed by atoms with Gasteiger partial charge in [-0.05, 0) is 69.9 Å². The summed E-state index contributed by atoms with van der Waals surface area (Å²) in [5, 5.41) is 0. The molecule has 0 bridgehead atoms. The molecular weight excluding hydrogens is 268 g/mol. The van der Waals surface area contributed by atoms with E-state index in [9.17, 15) is 0 Å². The normalized spacial score (nSPS) is 26.9. The van der Waals surface area contributed by atoms with Crippen LogP contribution in [0.25, 0.3) is 0 Å². The van der Waals surface area contributed by atoms with E-state index in [1.165, 1.54) is 48.8 Å². The molecule has 1 aliphatic heterocycles. The highest BCUT2D eigenvalue weighted by atomic mass is 16.5. The van der Waals surface area contributed by atoms with Gasteiger partial charge in [0, 0.05) is 0 Å². The van der Waals surface area contributed by atoms with Crippen molar-refractivity contribution in [3.05, 3.63) is 34.9 Å². The third-order valence-electron chi connectivity index (χ3n) is 5.57. The maximum Gasteiger partial charge on any atom is 0.0726 e. The Labute approximate surface area is 137 Å². The lowest BCUT2D eigenvalue weighted by molar-refractivity contribution is -0.0321. The molecule has 2 rings (SSSR count). The van der Waals surface area contributed by atoms with E-state index in [-0.39, 0.29) is 5.60 Å². The summed E-state index contributed by atoms with van der Waals surface area (Å²) < 4.78 is 6.24. The van der Waals surface area contributed by atoms with E-state index in [1.807, 2.05) is 0 Å². The van der Waals surface area contributed by atoms with Gasteiger partial charge >= 0.3 is 0 Å². The molecule has 1 unspecified atom stereocenters. The SMILES string of the molecule is C=C(C1=C(CC=C(C)C)CC(C)(CC)OC1)C1CCCCC1. The fourth-order valence-corrected chi connectivity index (χ4v) is 3.72. The van der Waals surface area contributed by atoms with Crippen LogP contribution in [0.3, 0.4) is 0 Å². The molecule has 0 aromatic rings. The third kappa shape index (κ3) is 4.35. The van der Waals surface area contributed by atoms with E-state index < -0.39 is 0 Å². The lowest BCUT2D eigenvalue weighted by Crippen LogP contribution is -2.34. The van der Waals surface area contributed by atoms with Crippen molar-refractivity contribution in [3.63, 3.8) is 0 Å². The number of hydrogen-bond acceptors (Lipinski definition) is 1. The van der Waals surface area contributed by atoms with E-state index in [2.05, 4.69) is 40.3 Å². The summed E-state index contributed by atoms with van der Waals surface area (Å²) in [4.78, 5) is 0. The van der Waals surface area contributed by atoms with E-state index in [1.54, 1.807) is 5.57 Å². The van der Waals surface area contributed by atoms with E-state index in [0.717, 1.165) is 25.9 Å². The highest BCUT2D eigenvalue weighted by Crippen LogP contribution is 2.40. The minimum Gasteiger partial charge on any atom is -0.370 e. The first kappa shape index (κ1) is 17.5. The van der Waals surface area contributed by atoms with Gasteiger partial charge in [-0.2, -0.15) is 0 Å². The zero-order valence-corrected chi connectivity index (χ0v) is 15.1. The predicted octanol–water partition coefficient (Wildman–Crippen LogP) is 6.36. The average Bonchev–Trinajstić information content (AvgIpc) is 2.53. The number of ether oxygens (including phenoxy) is 1. The summed E-state index contributed by atoms with van der Waals surface area (Å²) in [5.41, 5.74) is 5.82. The highest BCUT2D eigenvalue weighted by molar-refractivity contribution is 5.39. The third-order valence-corrected chi connectivity index (χ3v) is 5.57. The number of hydrogen-bond donors (Lipinski definition) is 0. The number of rotatable bonds is 5. The van der Waals surface area contributed by atoms with Crippen LogP contribution >= 0.6 is 0 Å². The summed E-state index contributed by atoms with van der Waals surface area (Å²) >= 11 is 0. The minimum atomic E-state index is 0.0150. The molecule has 1 nitrogen and oxygen atoms in total. The van der Waals surface area contributed by atoms with Crippen LogP contribution in [0.15, 0.2) is 34.9 Å². The van der Waals surface area contributed by atoms with E-state index in [4.69, 9.17) is 4.74 Å². The lowest BCUT2D eigenvalue weighted by Gasteiger charge is -2.38. The maximum absolute atomic E-state index is 6.24. The van der Waals surface area contributed by atoms with Crippen LogP contribution in [0.2, 0.25) is 0 Å². The molecule has 1 saturated carbocycles. The molecule has 22 heavy (non-hydrogen) atoms. The quantitative estimate of drug-likeness (QED) is 0.536. The van der Waals surface area contributed by atoms with Crippen molar-refractivity contribution >= 4 is 0 Å². The summed E-state index contributed by atoms with van der Waals surface area (Å²) in [6, 6.07) is 0. The van der Waals surface area contributed by atoms with Crippen molar-refractivity contribution in [1.82, 2.24) is 0 Å². The first-order chi connectivity index (χ1) is 10.4. The Kier molecular flexibility index (Phi) is 6.09. The Morgan fingerprint density at radius 3 is 2.55 bits per heavy atom. The van der Waals surface area contributed by atoms with Gasteiger partial charge < -0.3 is 4.74 Å². The molecule has 1 heterocycles. The summed E-state index contributed by atoms with van der Waals surface area (Å²) in [7, 11) is 0. The smallest absolute Gasteiger partial charge is 0.0726 e. The number of allylic oxidation sites excluding steroid dienone is 2. The first-order valence-corrected chi connectivity index (χ1v) is 9.12. The van der Waals surface area contributed by atoms with Crippen molar-refractivity contribution in [1.29, 1.82) is 0 Å². The minimum absolute atomic E-state index is 0.0150. The van der Waals surface area contributed by atoms with Crippen molar-refractivity contribution in [2.75, 3.05) is 6.61 Å². The largest absolute Gasteiger partial charge is 0.370 e. The Bertz CT molecular complexity index is 458. The average molecular weight is 303 g/mol. The zero-order valence-electron chi connectivity index (χ0n) is 15.1. The molecule has 2 aliphatic rings. The van der Waals surface area contributed by atoms with Crippen LogP contribution in [0.1, 0.15) is 79.1 Å². The Hall–Kier alpha value is -0.820. The summed E-state index contributed by atoms with van der Waals surface area (Å²) in [6.45, 7) is 14.1. The molecule has 0 amide bonds. The lowest BCUT2D eigenvalue weighted by atomic mass is 9.77. The van der Waals surface area contributed by atoms with Gasteiger partial charge in [-0.1, -0.05) is 50.0 Å². The summed E-state index contributed by atoms with van der Waals surface area (Å²) in [5.74, 6) is 0.694. The van der Waals surface area contributed by atoms with Gasteiger partial charge in [-0.25, -0.2) is 0 Å². The second-order valence-corrected chi connectivity index (χ2v) is 7.70. The monoisotopic (exact) mass is 302 g/mol. The Morgan fingerprint density at radius 1 is 1.27 bits per heavy atom. The van der Waals surface area contributed by atoms with Gasteiger partial charge in [0.1, 0.15) is 0 Å². The topological polar surface area (TPSA) is 9.23 Å². The molecule has 0 saturated heterocycles. The molecule has 1 heteroatoms. The molecule has 0 spiro atoms. The van der Waals surface area contributed by atoms with Gasteiger partial charge in [0.15, 0.2) is 0 Å². The molecule has 0 aromatic heterocycles. The standard InChI is InChI=1S/C21H34O/c1-6-21(5)14-19(13-12-16(2)3)20(15-22-21)17(4)18-10-8-7-9-11-18/h12,18H,4,6-11,13-15H2,1-3,5H3. The van der Waals surface area contributed by atoms with Gasteiger partial charge in [-0.3, -0.25) is 0 Å². The maximum atomic E-state index is 6.24. The van der Waals surface area contributed by atoms with Gasteiger partial charge in [-0.15, -0.1) is 0 Å². The van der Waals surface area contributed by atoms with Crippen LogP contribution in [0.4, 0.5) is 0 Å². The summed E-state index contributed by atoms with van der Waals surface area (Å²) in [6.07, 6.45) is 12.4. The fraction of sp³-hybridized carbons (Fsp3) is 0.714. The van der Waals surface area contributed by atoms with Crippen molar-refractivity contribution in [2.24, 2.45) is 5.92 Å². The second-order valence-electron chi connectivity index (χ2n) is 7.70. The predicted molar refractivity (Wildman–Crippen MR) is 96.1 cm³/mol. The van der Waals surface area contributed by atoms with Gasteiger partial charge in [0.2, 0.25) is 0 Å². The van der Waals surface area contributed by atoms with Crippen LogP contribution < -0.4 is 0 Å². The molecule has 1 fully saturated rings. The molecule has 0 radical (unpaired) electrons. The Balaban J connectivity index is 2.22. The molecule has 1 aliphatic carbocycles. The van der Waals surface area contributed by atoms with E-state index >= 15 is 0 Å². The van der Waals surface area contributed by atoms with E-state index in [0.29, 0.717) is 5.92 Å². The van der Waals surface area contributed by atoms with Crippen molar-refractivity contribution < 1.29 is 4.74 Å². The molecule has 0 aromatic carbocycles.